The van der Waals surface area contributed by atoms with Gasteiger partial charge in [0.1, 0.15) is 17.6 Å². The van der Waals surface area contributed by atoms with Gasteiger partial charge in [-0.15, -0.1) is 0 Å². The lowest BCUT2D eigenvalue weighted by Gasteiger charge is -2.33. The number of esters is 1. The molecular weight excluding hydrogens is 268 g/mol. The minimum Gasteiger partial charge on any atom is -0.508 e. The zero-order chi connectivity index (χ0) is 14.8. The number of hydrogen-bond acceptors (Lipinski definition) is 4. The third kappa shape index (κ3) is 2.84. The van der Waals surface area contributed by atoms with Gasteiger partial charge in [0.15, 0.2) is 6.10 Å². The van der Waals surface area contributed by atoms with Crippen LogP contribution in [0.3, 0.4) is 0 Å². The summed E-state index contributed by atoms with van der Waals surface area (Å²) in [4.78, 5) is 11.3. The molecule has 21 heavy (non-hydrogen) atoms. The molecule has 0 fully saturated rings. The quantitative estimate of drug-likeness (QED) is 0.861. The number of carbonyl (C=O) groups is 1. The van der Waals surface area contributed by atoms with Crippen LogP contribution < -0.4 is 4.74 Å². The number of carbonyl (C=O) groups excluding carboxylic acids is 1. The van der Waals surface area contributed by atoms with Crippen LogP contribution in [0.25, 0.3) is 0 Å². The Balaban J connectivity index is 1.95. The van der Waals surface area contributed by atoms with Crippen LogP contribution in [-0.2, 0) is 16.0 Å². The fraction of sp³-hybridized carbons (Fsp3) is 0.235. The van der Waals surface area contributed by atoms with Gasteiger partial charge in [0, 0.05) is 13.3 Å². The third-order valence-corrected chi connectivity index (χ3v) is 3.52. The van der Waals surface area contributed by atoms with E-state index >= 15 is 0 Å². The summed E-state index contributed by atoms with van der Waals surface area (Å²) < 4.78 is 11.4. The predicted molar refractivity (Wildman–Crippen MR) is 77.2 cm³/mol. The Morgan fingerprint density at radius 3 is 2.62 bits per heavy atom. The van der Waals surface area contributed by atoms with E-state index in [2.05, 4.69) is 0 Å². The summed E-state index contributed by atoms with van der Waals surface area (Å²) in [7, 11) is 0. The Hall–Kier alpha value is -2.49. The van der Waals surface area contributed by atoms with Crippen molar-refractivity contribution in [1.82, 2.24) is 0 Å². The molecule has 2 aromatic carbocycles. The average molecular weight is 284 g/mol. The van der Waals surface area contributed by atoms with Crippen LogP contribution in [0.4, 0.5) is 0 Å². The molecule has 3 rings (SSSR count). The highest BCUT2D eigenvalue weighted by atomic mass is 16.6. The summed E-state index contributed by atoms with van der Waals surface area (Å²) in [5, 5.41) is 9.40. The standard InChI is InChI=1S/C17H16O4/c1-11(18)20-16-10-13-4-2-3-5-15(13)21-17(16)12-6-8-14(19)9-7-12/h2-9,16-17,19H,10H2,1H3/t16-,17+/m0/s1. The molecule has 4 nitrogen and oxygen atoms in total. The number of ether oxygens (including phenoxy) is 2. The maximum atomic E-state index is 11.3. The van der Waals surface area contributed by atoms with Gasteiger partial charge in [-0.05, 0) is 29.3 Å². The summed E-state index contributed by atoms with van der Waals surface area (Å²) in [6.07, 6.45) is -0.132. The van der Waals surface area contributed by atoms with Gasteiger partial charge in [-0.3, -0.25) is 4.79 Å². The highest BCUT2D eigenvalue weighted by Gasteiger charge is 2.33. The number of benzene rings is 2. The molecule has 1 heterocycles. The van der Waals surface area contributed by atoms with Crippen molar-refractivity contribution in [2.75, 3.05) is 0 Å². The molecule has 0 unspecified atom stereocenters. The van der Waals surface area contributed by atoms with E-state index in [9.17, 15) is 9.90 Å². The van der Waals surface area contributed by atoms with Gasteiger partial charge in [0.2, 0.25) is 0 Å². The molecule has 0 aromatic heterocycles. The third-order valence-electron chi connectivity index (χ3n) is 3.52. The van der Waals surface area contributed by atoms with Gasteiger partial charge in [-0.1, -0.05) is 30.3 Å². The summed E-state index contributed by atoms with van der Waals surface area (Å²) in [5.74, 6) is 0.671. The summed E-state index contributed by atoms with van der Waals surface area (Å²) >= 11 is 0. The number of aromatic hydroxyl groups is 1. The fourth-order valence-electron chi connectivity index (χ4n) is 2.59. The average Bonchev–Trinajstić information content (AvgIpc) is 2.47. The second-order valence-electron chi connectivity index (χ2n) is 5.09. The van der Waals surface area contributed by atoms with Gasteiger partial charge in [-0.2, -0.15) is 0 Å². The zero-order valence-electron chi connectivity index (χ0n) is 11.7. The van der Waals surface area contributed by atoms with E-state index in [1.807, 2.05) is 24.3 Å². The van der Waals surface area contributed by atoms with E-state index in [1.165, 1.54) is 6.92 Å². The molecule has 108 valence electrons. The minimum absolute atomic E-state index is 0.194. The molecule has 0 saturated heterocycles. The SMILES string of the molecule is CC(=O)O[C@H]1Cc2ccccc2O[C@@H]1c1ccc(O)cc1. The monoisotopic (exact) mass is 284 g/mol. The lowest BCUT2D eigenvalue weighted by molar-refractivity contribution is -0.152. The molecule has 0 saturated carbocycles. The molecule has 1 aliphatic rings. The predicted octanol–water partition coefficient (Wildman–Crippen LogP) is 3.00. The number of phenolic OH excluding ortho intramolecular Hbond substituents is 1. The molecule has 0 bridgehead atoms. The van der Waals surface area contributed by atoms with Crippen LogP contribution >= 0.6 is 0 Å². The summed E-state index contributed by atoms with van der Waals surface area (Å²) in [5.41, 5.74) is 1.90. The van der Waals surface area contributed by atoms with Crippen molar-refractivity contribution >= 4 is 5.97 Å². The van der Waals surface area contributed by atoms with E-state index in [1.54, 1.807) is 24.3 Å². The van der Waals surface area contributed by atoms with Crippen LogP contribution in [0, 0.1) is 0 Å². The zero-order valence-corrected chi connectivity index (χ0v) is 11.7. The van der Waals surface area contributed by atoms with Crippen molar-refractivity contribution in [1.29, 1.82) is 0 Å². The van der Waals surface area contributed by atoms with Gasteiger partial charge >= 0.3 is 5.97 Å². The van der Waals surface area contributed by atoms with E-state index in [4.69, 9.17) is 9.47 Å². The lowest BCUT2D eigenvalue weighted by atomic mass is 9.94. The van der Waals surface area contributed by atoms with E-state index in [-0.39, 0.29) is 23.9 Å². The summed E-state index contributed by atoms with van der Waals surface area (Å²) in [6.45, 7) is 1.40. The van der Waals surface area contributed by atoms with E-state index < -0.39 is 0 Å². The molecule has 0 radical (unpaired) electrons. The molecule has 1 aliphatic heterocycles. The first kappa shape index (κ1) is 13.5. The van der Waals surface area contributed by atoms with Crippen molar-refractivity contribution < 1.29 is 19.4 Å². The summed E-state index contributed by atoms with van der Waals surface area (Å²) in [6, 6.07) is 14.5. The number of rotatable bonds is 2. The Morgan fingerprint density at radius 2 is 1.90 bits per heavy atom. The molecule has 2 aromatic rings. The van der Waals surface area contributed by atoms with Crippen molar-refractivity contribution in [3.63, 3.8) is 0 Å². The van der Waals surface area contributed by atoms with Gasteiger partial charge in [0.25, 0.3) is 0 Å². The van der Waals surface area contributed by atoms with Crippen molar-refractivity contribution in [3.8, 4) is 11.5 Å². The Bertz CT molecular complexity index is 648. The Labute approximate surface area is 122 Å². The Morgan fingerprint density at radius 1 is 1.19 bits per heavy atom. The van der Waals surface area contributed by atoms with E-state index in [0.29, 0.717) is 6.42 Å². The lowest BCUT2D eigenvalue weighted by Crippen LogP contribution is -2.34. The molecule has 0 aliphatic carbocycles. The van der Waals surface area contributed by atoms with Crippen LogP contribution in [0.1, 0.15) is 24.2 Å². The smallest absolute Gasteiger partial charge is 0.303 e. The van der Waals surface area contributed by atoms with Crippen LogP contribution in [0.15, 0.2) is 48.5 Å². The highest BCUT2D eigenvalue weighted by molar-refractivity contribution is 5.66. The van der Waals surface area contributed by atoms with Gasteiger partial charge in [0.05, 0.1) is 0 Å². The molecular formula is C17H16O4. The minimum atomic E-state index is -0.373. The number of hydrogen-bond donors (Lipinski definition) is 1. The highest BCUT2D eigenvalue weighted by Crippen LogP contribution is 2.36. The number of para-hydroxylation sites is 1. The topological polar surface area (TPSA) is 55.8 Å². The molecule has 2 atom stereocenters. The maximum absolute atomic E-state index is 11.3. The van der Waals surface area contributed by atoms with Gasteiger partial charge in [-0.25, -0.2) is 0 Å². The number of fused-ring (bicyclic) bond motifs is 1. The second-order valence-corrected chi connectivity index (χ2v) is 5.09. The first-order valence-electron chi connectivity index (χ1n) is 6.84. The van der Waals surface area contributed by atoms with Crippen molar-refractivity contribution in [3.05, 3.63) is 59.7 Å². The normalized spacial score (nSPS) is 20.2. The van der Waals surface area contributed by atoms with Crippen LogP contribution in [0.2, 0.25) is 0 Å². The largest absolute Gasteiger partial charge is 0.508 e. The van der Waals surface area contributed by atoms with E-state index in [0.717, 1.165) is 16.9 Å². The number of phenols is 1. The first-order chi connectivity index (χ1) is 10.1. The van der Waals surface area contributed by atoms with Crippen molar-refractivity contribution in [2.24, 2.45) is 0 Å². The maximum Gasteiger partial charge on any atom is 0.303 e. The molecule has 1 N–H and O–H groups in total. The van der Waals surface area contributed by atoms with Crippen molar-refractivity contribution in [2.45, 2.75) is 25.6 Å². The second kappa shape index (κ2) is 5.48. The first-order valence-corrected chi connectivity index (χ1v) is 6.84. The molecule has 0 spiro atoms. The van der Waals surface area contributed by atoms with Crippen LogP contribution in [0.5, 0.6) is 11.5 Å². The van der Waals surface area contributed by atoms with Crippen LogP contribution in [-0.4, -0.2) is 17.2 Å². The molecule has 4 heteroatoms. The Kier molecular flexibility index (Phi) is 3.52. The molecule has 0 amide bonds. The fourth-order valence-corrected chi connectivity index (χ4v) is 2.59. The van der Waals surface area contributed by atoms with Gasteiger partial charge < -0.3 is 14.6 Å².